The van der Waals surface area contributed by atoms with E-state index in [1.165, 1.54) is 0 Å². The molecule has 0 aliphatic carbocycles. The summed E-state index contributed by atoms with van der Waals surface area (Å²) in [4.78, 5) is 0. The third-order valence-electron chi connectivity index (χ3n) is 1.94. The van der Waals surface area contributed by atoms with Gasteiger partial charge in [-0.1, -0.05) is 11.6 Å². The standard InChI is InChI=1S/C10H5ClINS/c11-8-3-7(12)4-9-10(8)6(1-2-13)5-14-9/h3-5H,1H2. The minimum absolute atomic E-state index is 0.431. The van der Waals surface area contributed by atoms with Gasteiger partial charge in [-0.3, -0.25) is 0 Å². The summed E-state index contributed by atoms with van der Waals surface area (Å²) in [5, 5.41) is 12.5. The SMILES string of the molecule is N#CCc1csc2cc(I)cc(Cl)c12. The van der Waals surface area contributed by atoms with Gasteiger partial charge in [0.05, 0.1) is 17.5 Å². The second-order valence-electron chi connectivity index (χ2n) is 2.86. The lowest BCUT2D eigenvalue weighted by atomic mass is 10.1. The van der Waals surface area contributed by atoms with E-state index in [4.69, 9.17) is 16.9 Å². The highest BCUT2D eigenvalue weighted by Crippen LogP contribution is 2.33. The molecule has 0 N–H and O–H groups in total. The van der Waals surface area contributed by atoms with Gasteiger partial charge in [-0.15, -0.1) is 11.3 Å². The molecule has 1 heterocycles. The Morgan fingerprint density at radius 3 is 3.00 bits per heavy atom. The van der Waals surface area contributed by atoms with Crippen molar-refractivity contribution in [2.75, 3.05) is 0 Å². The number of benzene rings is 1. The molecule has 0 atom stereocenters. The predicted octanol–water partition coefficient (Wildman–Crippen LogP) is 4.23. The van der Waals surface area contributed by atoms with Crippen LogP contribution in [0.15, 0.2) is 17.5 Å². The molecule has 1 nitrogen and oxygen atoms in total. The Hall–Kier alpha value is -0.310. The lowest BCUT2D eigenvalue weighted by molar-refractivity contribution is 1.30. The summed E-state index contributed by atoms with van der Waals surface area (Å²) < 4.78 is 2.29. The lowest BCUT2D eigenvalue weighted by Gasteiger charge is -1.98. The van der Waals surface area contributed by atoms with Crippen LogP contribution in [0.5, 0.6) is 0 Å². The van der Waals surface area contributed by atoms with Gasteiger partial charge < -0.3 is 0 Å². The largest absolute Gasteiger partial charge is 0.198 e. The molecule has 2 rings (SSSR count). The highest BCUT2D eigenvalue weighted by molar-refractivity contribution is 14.1. The smallest absolute Gasteiger partial charge is 0.0670 e. The number of hydrogen-bond acceptors (Lipinski definition) is 2. The summed E-state index contributed by atoms with van der Waals surface area (Å²) in [7, 11) is 0. The predicted molar refractivity (Wildman–Crippen MR) is 68.9 cm³/mol. The Labute approximate surface area is 104 Å². The van der Waals surface area contributed by atoms with E-state index < -0.39 is 0 Å². The van der Waals surface area contributed by atoms with E-state index in [0.717, 1.165) is 24.2 Å². The molecule has 14 heavy (non-hydrogen) atoms. The van der Waals surface area contributed by atoms with Crippen molar-refractivity contribution in [1.29, 1.82) is 5.26 Å². The summed E-state index contributed by atoms with van der Waals surface area (Å²) in [6, 6.07) is 6.17. The van der Waals surface area contributed by atoms with Crippen molar-refractivity contribution in [1.82, 2.24) is 0 Å². The molecule has 0 unspecified atom stereocenters. The van der Waals surface area contributed by atoms with Crippen molar-refractivity contribution in [2.24, 2.45) is 0 Å². The average molecular weight is 334 g/mol. The van der Waals surface area contributed by atoms with Gasteiger partial charge in [-0.2, -0.15) is 5.26 Å². The van der Waals surface area contributed by atoms with Gasteiger partial charge >= 0.3 is 0 Å². The van der Waals surface area contributed by atoms with Crippen LogP contribution in [-0.4, -0.2) is 0 Å². The quantitative estimate of drug-likeness (QED) is 0.717. The van der Waals surface area contributed by atoms with Gasteiger partial charge in [0.2, 0.25) is 0 Å². The van der Waals surface area contributed by atoms with Crippen molar-refractivity contribution in [3.05, 3.63) is 31.7 Å². The van der Waals surface area contributed by atoms with Gasteiger partial charge in [-0.25, -0.2) is 0 Å². The van der Waals surface area contributed by atoms with Crippen LogP contribution in [0, 0.1) is 14.9 Å². The normalized spacial score (nSPS) is 10.4. The minimum Gasteiger partial charge on any atom is -0.198 e. The second kappa shape index (κ2) is 4.05. The molecule has 0 bridgehead atoms. The molecule has 0 aliphatic rings. The Morgan fingerprint density at radius 2 is 2.29 bits per heavy atom. The van der Waals surface area contributed by atoms with Crippen LogP contribution in [0.2, 0.25) is 5.02 Å². The fourth-order valence-corrected chi connectivity index (χ4v) is 3.80. The van der Waals surface area contributed by atoms with Crippen molar-refractivity contribution in [2.45, 2.75) is 6.42 Å². The summed E-state index contributed by atoms with van der Waals surface area (Å²) in [5.74, 6) is 0. The van der Waals surface area contributed by atoms with E-state index in [2.05, 4.69) is 34.7 Å². The van der Waals surface area contributed by atoms with E-state index in [1.807, 2.05) is 11.4 Å². The van der Waals surface area contributed by atoms with Crippen LogP contribution in [0.25, 0.3) is 10.1 Å². The van der Waals surface area contributed by atoms with Crippen molar-refractivity contribution in [3.63, 3.8) is 0 Å². The number of rotatable bonds is 1. The molecule has 4 heteroatoms. The van der Waals surface area contributed by atoms with Crippen molar-refractivity contribution < 1.29 is 0 Å². The number of nitriles is 1. The lowest BCUT2D eigenvalue weighted by Crippen LogP contribution is -1.79. The number of fused-ring (bicyclic) bond motifs is 1. The van der Waals surface area contributed by atoms with Crippen molar-refractivity contribution >= 4 is 55.6 Å². The van der Waals surface area contributed by atoms with Gasteiger partial charge in [0, 0.05) is 13.7 Å². The molecule has 0 radical (unpaired) electrons. The van der Waals surface area contributed by atoms with Gasteiger partial charge in [0.25, 0.3) is 0 Å². The molecule has 2 aromatic rings. The zero-order valence-corrected chi connectivity index (χ0v) is 10.8. The third kappa shape index (κ3) is 1.74. The first-order valence-electron chi connectivity index (χ1n) is 3.94. The number of nitrogens with zero attached hydrogens (tertiary/aromatic N) is 1. The molecular formula is C10H5ClINS. The second-order valence-corrected chi connectivity index (χ2v) is 5.42. The van der Waals surface area contributed by atoms with Gasteiger partial charge in [0.1, 0.15) is 0 Å². The molecule has 0 saturated heterocycles. The fraction of sp³-hybridized carbons (Fsp3) is 0.100. The zero-order chi connectivity index (χ0) is 10.1. The third-order valence-corrected chi connectivity index (χ3v) is 3.84. The summed E-state index contributed by atoms with van der Waals surface area (Å²) >= 11 is 10.0. The van der Waals surface area contributed by atoms with Crippen LogP contribution in [0.4, 0.5) is 0 Å². The highest BCUT2D eigenvalue weighted by atomic mass is 127. The number of hydrogen-bond donors (Lipinski definition) is 0. The molecule has 0 amide bonds. The van der Waals surface area contributed by atoms with Gasteiger partial charge in [0.15, 0.2) is 0 Å². The molecular weight excluding hydrogens is 329 g/mol. The first-order chi connectivity index (χ1) is 6.72. The monoisotopic (exact) mass is 333 g/mol. The summed E-state index contributed by atoms with van der Waals surface area (Å²) in [6.07, 6.45) is 0.431. The van der Waals surface area contributed by atoms with E-state index in [9.17, 15) is 0 Å². The summed E-state index contributed by atoms with van der Waals surface area (Å²) in [5.41, 5.74) is 1.04. The first-order valence-corrected chi connectivity index (χ1v) is 6.28. The van der Waals surface area contributed by atoms with Gasteiger partial charge in [-0.05, 0) is 45.7 Å². The maximum absolute atomic E-state index is 8.65. The topological polar surface area (TPSA) is 23.8 Å². The fourth-order valence-electron chi connectivity index (χ4n) is 1.36. The molecule has 1 aromatic carbocycles. The highest BCUT2D eigenvalue weighted by Gasteiger charge is 2.08. The van der Waals surface area contributed by atoms with E-state index >= 15 is 0 Å². The van der Waals surface area contributed by atoms with E-state index in [0.29, 0.717) is 6.42 Å². The van der Waals surface area contributed by atoms with Crippen LogP contribution in [0.3, 0.4) is 0 Å². The minimum atomic E-state index is 0.431. The maximum atomic E-state index is 8.65. The Balaban J connectivity index is 2.74. The molecule has 0 fully saturated rings. The number of thiophene rings is 1. The Kier molecular flexibility index (Phi) is 2.96. The molecule has 0 saturated carbocycles. The van der Waals surface area contributed by atoms with Crippen LogP contribution in [-0.2, 0) is 6.42 Å². The Bertz CT molecular complexity index is 527. The summed E-state index contributed by atoms with van der Waals surface area (Å²) in [6.45, 7) is 0. The van der Waals surface area contributed by atoms with Crippen LogP contribution >= 0.6 is 45.5 Å². The molecule has 0 spiro atoms. The van der Waals surface area contributed by atoms with Crippen LogP contribution in [0.1, 0.15) is 5.56 Å². The molecule has 70 valence electrons. The van der Waals surface area contributed by atoms with E-state index in [-0.39, 0.29) is 0 Å². The molecule has 0 aliphatic heterocycles. The number of halogens is 2. The van der Waals surface area contributed by atoms with Crippen LogP contribution < -0.4 is 0 Å². The average Bonchev–Trinajstić information content (AvgIpc) is 2.49. The first kappa shape index (κ1) is 10.2. The molecule has 1 aromatic heterocycles. The zero-order valence-electron chi connectivity index (χ0n) is 7.05. The van der Waals surface area contributed by atoms with Crippen molar-refractivity contribution in [3.8, 4) is 6.07 Å². The maximum Gasteiger partial charge on any atom is 0.0670 e. The Morgan fingerprint density at radius 1 is 1.50 bits per heavy atom. The van der Waals surface area contributed by atoms with E-state index in [1.54, 1.807) is 11.3 Å².